The van der Waals surface area contributed by atoms with Crippen molar-refractivity contribution in [2.24, 2.45) is 0 Å². The summed E-state index contributed by atoms with van der Waals surface area (Å²) in [6, 6.07) is 4.00. The van der Waals surface area contributed by atoms with E-state index in [2.05, 4.69) is 33.9 Å². The van der Waals surface area contributed by atoms with Crippen molar-refractivity contribution in [1.29, 1.82) is 0 Å². The van der Waals surface area contributed by atoms with Crippen LogP contribution in [0.1, 0.15) is 37.5 Å². The Hall–Kier alpha value is -1.54. The molecule has 0 amide bonds. The molecule has 2 nitrogen and oxygen atoms in total. The van der Waals surface area contributed by atoms with E-state index >= 15 is 0 Å². The molecule has 0 bridgehead atoms. The minimum absolute atomic E-state index is 0.103. The Kier molecular flexibility index (Phi) is 5.37. The van der Waals surface area contributed by atoms with Gasteiger partial charge in [0.05, 0.1) is 13.2 Å². The summed E-state index contributed by atoms with van der Waals surface area (Å²) in [7, 11) is 0. The summed E-state index contributed by atoms with van der Waals surface area (Å²) >= 11 is 0. The number of phenolic OH excluding ortho intramolecular Hbond substituents is 1. The summed E-state index contributed by atoms with van der Waals surface area (Å²) in [5.41, 5.74) is 2.82. The summed E-state index contributed by atoms with van der Waals surface area (Å²) in [5, 5.41) is 10.3. The maximum absolute atomic E-state index is 10.3. The summed E-state index contributed by atoms with van der Waals surface area (Å²) < 4.78 is 5.48. The predicted octanol–water partition coefficient (Wildman–Crippen LogP) is 4.12. The fraction of sp³-hybridized carbons (Fsp3) is 0.412. The highest BCUT2D eigenvalue weighted by Gasteiger charge is 2.20. The van der Waals surface area contributed by atoms with Crippen LogP contribution in [0, 0.1) is 0 Å². The van der Waals surface area contributed by atoms with E-state index in [9.17, 15) is 5.11 Å². The molecule has 0 radical (unpaired) electrons. The fourth-order valence-corrected chi connectivity index (χ4v) is 1.99. The first-order valence-electron chi connectivity index (χ1n) is 6.55. The van der Waals surface area contributed by atoms with Crippen LogP contribution < -0.4 is 0 Å². The molecule has 0 fully saturated rings. The maximum Gasteiger partial charge on any atom is 0.122 e. The molecule has 0 aliphatic heterocycles. The molecule has 19 heavy (non-hydrogen) atoms. The third-order valence-corrected chi connectivity index (χ3v) is 2.93. The molecule has 0 saturated carbocycles. The lowest BCUT2D eigenvalue weighted by atomic mass is 9.83. The van der Waals surface area contributed by atoms with Crippen LogP contribution in [-0.2, 0) is 23.2 Å². The standard InChI is InChI=1S/C17H24O2/c1-6-8-14-10-13(12-19-9-7-2)11-15(16(14)18)17(3,4)5/h6-7,10-11,18H,1-2,8-9,12H2,3-5H3. The number of phenols is 1. The van der Waals surface area contributed by atoms with Crippen molar-refractivity contribution in [1.82, 2.24) is 0 Å². The van der Waals surface area contributed by atoms with Gasteiger partial charge >= 0.3 is 0 Å². The van der Waals surface area contributed by atoms with Crippen molar-refractivity contribution in [2.45, 2.75) is 39.2 Å². The lowest BCUT2D eigenvalue weighted by Crippen LogP contribution is -2.13. The molecule has 0 aromatic heterocycles. The topological polar surface area (TPSA) is 29.5 Å². The molecule has 104 valence electrons. The van der Waals surface area contributed by atoms with Gasteiger partial charge < -0.3 is 9.84 Å². The Morgan fingerprint density at radius 1 is 1.21 bits per heavy atom. The van der Waals surface area contributed by atoms with Gasteiger partial charge in [-0.05, 0) is 40.7 Å². The molecule has 1 N–H and O–H groups in total. The van der Waals surface area contributed by atoms with E-state index in [1.807, 2.05) is 12.1 Å². The molecule has 0 aliphatic rings. The highest BCUT2D eigenvalue weighted by Crippen LogP contribution is 2.35. The second-order valence-electron chi connectivity index (χ2n) is 5.70. The van der Waals surface area contributed by atoms with Gasteiger partial charge in [-0.1, -0.05) is 32.9 Å². The van der Waals surface area contributed by atoms with Crippen molar-refractivity contribution in [3.8, 4) is 5.75 Å². The Morgan fingerprint density at radius 3 is 2.42 bits per heavy atom. The minimum atomic E-state index is -0.103. The molecular weight excluding hydrogens is 236 g/mol. The maximum atomic E-state index is 10.3. The monoisotopic (exact) mass is 260 g/mol. The molecule has 0 spiro atoms. The molecule has 0 aliphatic carbocycles. The Labute approximate surface area is 116 Å². The van der Waals surface area contributed by atoms with E-state index in [4.69, 9.17) is 4.74 Å². The lowest BCUT2D eigenvalue weighted by Gasteiger charge is -2.23. The summed E-state index contributed by atoms with van der Waals surface area (Å²) in [4.78, 5) is 0. The van der Waals surface area contributed by atoms with Crippen LogP contribution in [0.25, 0.3) is 0 Å². The third-order valence-electron chi connectivity index (χ3n) is 2.93. The summed E-state index contributed by atoms with van der Waals surface area (Å²) in [6.45, 7) is 14.7. The zero-order valence-electron chi connectivity index (χ0n) is 12.2. The Bertz CT molecular complexity index is 453. The van der Waals surface area contributed by atoms with Crippen molar-refractivity contribution in [2.75, 3.05) is 6.61 Å². The number of rotatable bonds is 6. The molecule has 1 rings (SSSR count). The van der Waals surface area contributed by atoms with Crippen LogP contribution >= 0.6 is 0 Å². The number of ether oxygens (including phenoxy) is 1. The van der Waals surface area contributed by atoms with E-state index in [1.54, 1.807) is 12.2 Å². The van der Waals surface area contributed by atoms with Crippen molar-refractivity contribution >= 4 is 0 Å². The highest BCUT2D eigenvalue weighted by atomic mass is 16.5. The number of aromatic hydroxyl groups is 1. The number of benzene rings is 1. The van der Waals surface area contributed by atoms with Gasteiger partial charge in [0.25, 0.3) is 0 Å². The van der Waals surface area contributed by atoms with Gasteiger partial charge in [0.2, 0.25) is 0 Å². The summed E-state index contributed by atoms with van der Waals surface area (Å²) in [6.07, 6.45) is 4.19. The minimum Gasteiger partial charge on any atom is -0.507 e. The second kappa shape index (κ2) is 6.58. The zero-order valence-corrected chi connectivity index (χ0v) is 12.2. The lowest BCUT2D eigenvalue weighted by molar-refractivity contribution is 0.148. The number of hydrogen-bond donors (Lipinski definition) is 1. The molecule has 0 atom stereocenters. The average molecular weight is 260 g/mol. The molecule has 0 heterocycles. The quantitative estimate of drug-likeness (QED) is 0.616. The van der Waals surface area contributed by atoms with Crippen molar-refractivity contribution in [3.05, 3.63) is 54.1 Å². The van der Waals surface area contributed by atoms with E-state index in [1.165, 1.54) is 0 Å². The van der Waals surface area contributed by atoms with Gasteiger partial charge in [-0.3, -0.25) is 0 Å². The van der Waals surface area contributed by atoms with E-state index in [-0.39, 0.29) is 5.41 Å². The van der Waals surface area contributed by atoms with Gasteiger partial charge in [0.1, 0.15) is 5.75 Å². The van der Waals surface area contributed by atoms with Crippen LogP contribution in [0.15, 0.2) is 37.4 Å². The second-order valence-corrected chi connectivity index (χ2v) is 5.70. The van der Waals surface area contributed by atoms with Crippen LogP contribution in [0.5, 0.6) is 5.75 Å². The fourth-order valence-electron chi connectivity index (χ4n) is 1.99. The largest absolute Gasteiger partial charge is 0.507 e. The van der Waals surface area contributed by atoms with Crippen LogP contribution in [-0.4, -0.2) is 11.7 Å². The van der Waals surface area contributed by atoms with Crippen molar-refractivity contribution < 1.29 is 9.84 Å². The molecule has 1 aromatic carbocycles. The Morgan fingerprint density at radius 2 is 1.89 bits per heavy atom. The van der Waals surface area contributed by atoms with Gasteiger partial charge in [0.15, 0.2) is 0 Å². The first kappa shape index (κ1) is 15.5. The normalized spacial score (nSPS) is 11.3. The first-order valence-corrected chi connectivity index (χ1v) is 6.55. The zero-order chi connectivity index (χ0) is 14.5. The first-order chi connectivity index (χ1) is 8.90. The van der Waals surface area contributed by atoms with E-state index < -0.39 is 0 Å². The molecule has 0 unspecified atom stereocenters. The highest BCUT2D eigenvalue weighted by molar-refractivity contribution is 5.47. The molecule has 2 heteroatoms. The number of hydrogen-bond acceptors (Lipinski definition) is 2. The van der Waals surface area contributed by atoms with Gasteiger partial charge in [-0.2, -0.15) is 0 Å². The van der Waals surface area contributed by atoms with Gasteiger partial charge in [0, 0.05) is 0 Å². The average Bonchev–Trinajstić information content (AvgIpc) is 2.32. The smallest absolute Gasteiger partial charge is 0.122 e. The predicted molar refractivity (Wildman–Crippen MR) is 80.6 cm³/mol. The SMILES string of the molecule is C=CCOCc1cc(CC=C)c(O)c(C(C)(C)C)c1. The van der Waals surface area contributed by atoms with Gasteiger partial charge in [-0.25, -0.2) is 0 Å². The number of allylic oxidation sites excluding steroid dienone is 1. The molecule has 0 saturated heterocycles. The third kappa shape index (κ3) is 4.25. The van der Waals surface area contributed by atoms with Gasteiger partial charge in [-0.15, -0.1) is 13.2 Å². The molecular formula is C17H24O2. The van der Waals surface area contributed by atoms with Crippen LogP contribution in [0.2, 0.25) is 0 Å². The van der Waals surface area contributed by atoms with E-state index in [0.29, 0.717) is 25.4 Å². The summed E-state index contributed by atoms with van der Waals surface area (Å²) in [5.74, 6) is 0.375. The Balaban J connectivity index is 3.15. The van der Waals surface area contributed by atoms with Crippen molar-refractivity contribution in [3.63, 3.8) is 0 Å². The van der Waals surface area contributed by atoms with E-state index in [0.717, 1.165) is 16.7 Å². The van der Waals surface area contributed by atoms with Crippen LogP contribution in [0.4, 0.5) is 0 Å². The van der Waals surface area contributed by atoms with Crippen LogP contribution in [0.3, 0.4) is 0 Å². The molecule has 1 aromatic rings.